The van der Waals surface area contributed by atoms with Crippen molar-refractivity contribution in [1.29, 1.82) is 0 Å². The van der Waals surface area contributed by atoms with Gasteiger partial charge in [0.15, 0.2) is 5.78 Å². The van der Waals surface area contributed by atoms with Crippen LogP contribution in [-0.4, -0.2) is 22.1 Å². The summed E-state index contributed by atoms with van der Waals surface area (Å²) in [6, 6.07) is 14.6. The highest BCUT2D eigenvalue weighted by Crippen LogP contribution is 2.16. The van der Waals surface area contributed by atoms with E-state index in [9.17, 15) is 14.7 Å². The van der Waals surface area contributed by atoms with Crippen molar-refractivity contribution in [2.75, 3.05) is 5.32 Å². The lowest BCUT2D eigenvalue weighted by Gasteiger charge is -2.03. The molecule has 0 fully saturated rings. The molecule has 0 spiro atoms. The normalized spacial score (nSPS) is 11.0. The molecule has 3 N–H and O–H groups in total. The largest absolute Gasteiger partial charge is 0.507 e. The van der Waals surface area contributed by atoms with Gasteiger partial charge < -0.3 is 10.2 Å². The van der Waals surface area contributed by atoms with Crippen molar-refractivity contribution in [3.05, 3.63) is 71.8 Å². The van der Waals surface area contributed by atoms with E-state index in [0.717, 1.165) is 6.08 Å². The summed E-state index contributed by atoms with van der Waals surface area (Å²) in [4.78, 5) is 22.4. The number of amides is 1. The Morgan fingerprint density at radius 3 is 2.05 bits per heavy atom. The number of ketones is 1. The van der Waals surface area contributed by atoms with Crippen LogP contribution < -0.4 is 5.32 Å². The minimum absolute atomic E-state index is 0.175. The number of benzene rings is 2. The Hall–Kier alpha value is -3.08. The van der Waals surface area contributed by atoms with Gasteiger partial charge in [-0.2, -0.15) is 0 Å². The number of carbonyl (C=O) groups is 2. The van der Waals surface area contributed by atoms with Gasteiger partial charge in [-0.25, -0.2) is 4.79 Å². The first-order valence-corrected chi connectivity index (χ1v) is 6.16. The van der Waals surface area contributed by atoms with Crippen molar-refractivity contribution >= 4 is 23.3 Å². The molecule has 2 aromatic carbocycles. The third-order valence-electron chi connectivity index (χ3n) is 2.76. The molecule has 0 atom stereocenters. The summed E-state index contributed by atoms with van der Waals surface area (Å²) in [5.74, 6) is -0.480. The van der Waals surface area contributed by atoms with Crippen LogP contribution in [0.2, 0.25) is 0 Å². The molecule has 21 heavy (non-hydrogen) atoms. The van der Waals surface area contributed by atoms with Gasteiger partial charge in [-0.05, 0) is 24.3 Å². The first-order valence-electron chi connectivity index (χ1n) is 6.16. The van der Waals surface area contributed by atoms with Gasteiger partial charge in [0.1, 0.15) is 5.76 Å². The van der Waals surface area contributed by atoms with Crippen LogP contribution in [0.5, 0.6) is 0 Å². The molecule has 0 aliphatic rings. The van der Waals surface area contributed by atoms with Gasteiger partial charge in [0.05, 0.1) is 0 Å². The minimum atomic E-state index is -1.17. The average Bonchev–Trinajstić information content (AvgIpc) is 2.48. The molecule has 2 aromatic rings. The zero-order valence-electron chi connectivity index (χ0n) is 11.0. The van der Waals surface area contributed by atoms with Crippen molar-refractivity contribution in [2.24, 2.45) is 0 Å². The Morgan fingerprint density at radius 1 is 0.857 bits per heavy atom. The number of rotatable bonds is 4. The van der Waals surface area contributed by atoms with Crippen LogP contribution in [0.3, 0.4) is 0 Å². The maximum atomic E-state index is 11.9. The Morgan fingerprint density at radius 2 is 1.48 bits per heavy atom. The van der Waals surface area contributed by atoms with Crippen LogP contribution in [0.4, 0.5) is 10.5 Å². The van der Waals surface area contributed by atoms with Crippen LogP contribution in [0.15, 0.2) is 60.7 Å². The predicted octanol–water partition coefficient (Wildman–Crippen LogP) is 3.56. The lowest BCUT2D eigenvalue weighted by atomic mass is 10.1. The predicted molar refractivity (Wildman–Crippen MR) is 79.5 cm³/mol. The quantitative estimate of drug-likeness (QED) is 0.455. The molecule has 5 nitrogen and oxygen atoms in total. The highest BCUT2D eigenvalue weighted by Gasteiger charge is 2.06. The number of anilines is 1. The lowest BCUT2D eigenvalue weighted by molar-refractivity contribution is 0.104. The van der Waals surface area contributed by atoms with Crippen LogP contribution in [0, 0.1) is 0 Å². The van der Waals surface area contributed by atoms with Gasteiger partial charge in [-0.1, -0.05) is 30.3 Å². The molecular formula is C16H13NO4. The molecule has 0 aliphatic carbocycles. The average molecular weight is 283 g/mol. The highest BCUT2D eigenvalue weighted by atomic mass is 16.4. The lowest BCUT2D eigenvalue weighted by Crippen LogP contribution is -2.06. The number of hydrogen-bond acceptors (Lipinski definition) is 3. The second kappa shape index (κ2) is 6.38. The third kappa shape index (κ3) is 3.94. The molecule has 5 heteroatoms. The summed E-state index contributed by atoms with van der Waals surface area (Å²) in [5.41, 5.74) is 1.29. The number of aliphatic hydroxyl groups excluding tert-OH is 1. The number of nitrogens with one attached hydrogen (secondary N) is 1. The number of aliphatic hydroxyl groups is 1. The first-order chi connectivity index (χ1) is 10.1. The Kier molecular flexibility index (Phi) is 4.36. The van der Waals surface area contributed by atoms with E-state index in [2.05, 4.69) is 5.32 Å². The summed E-state index contributed by atoms with van der Waals surface area (Å²) in [6.45, 7) is 0. The monoisotopic (exact) mass is 283 g/mol. The van der Waals surface area contributed by atoms with Crippen LogP contribution >= 0.6 is 0 Å². The van der Waals surface area contributed by atoms with Gasteiger partial charge >= 0.3 is 6.09 Å². The first kappa shape index (κ1) is 14.3. The molecule has 0 saturated heterocycles. The van der Waals surface area contributed by atoms with Crippen LogP contribution in [0.1, 0.15) is 15.9 Å². The molecule has 1 amide bonds. The van der Waals surface area contributed by atoms with E-state index >= 15 is 0 Å². The van der Waals surface area contributed by atoms with E-state index in [1.54, 1.807) is 30.3 Å². The van der Waals surface area contributed by atoms with Crippen molar-refractivity contribution in [1.82, 2.24) is 0 Å². The molecule has 106 valence electrons. The fraction of sp³-hybridized carbons (Fsp3) is 0. The zero-order chi connectivity index (χ0) is 15.2. The summed E-state index contributed by atoms with van der Waals surface area (Å²) < 4.78 is 0. The van der Waals surface area contributed by atoms with Gasteiger partial charge in [-0.3, -0.25) is 10.1 Å². The van der Waals surface area contributed by atoms with Gasteiger partial charge in [0.2, 0.25) is 0 Å². The second-order valence-electron chi connectivity index (χ2n) is 4.27. The summed E-state index contributed by atoms with van der Waals surface area (Å²) in [7, 11) is 0. The molecule has 0 unspecified atom stereocenters. The summed E-state index contributed by atoms with van der Waals surface area (Å²) >= 11 is 0. The standard InChI is InChI=1S/C16H13NO4/c18-14(11-4-2-1-3-5-11)10-15(19)12-6-8-13(9-7-12)17-16(20)21/h1-10,17,19H,(H,20,21)/b15-10-. The highest BCUT2D eigenvalue weighted by molar-refractivity contribution is 6.07. The van der Waals surface area contributed by atoms with Gasteiger partial charge in [0.25, 0.3) is 0 Å². The molecule has 0 radical (unpaired) electrons. The molecule has 0 aliphatic heterocycles. The Bertz CT molecular complexity index is 675. The number of carboxylic acid groups (broad SMARTS) is 1. The molecule has 0 aromatic heterocycles. The number of hydrogen-bond donors (Lipinski definition) is 3. The summed E-state index contributed by atoms with van der Waals surface area (Å²) in [6.07, 6.45) is -0.0311. The third-order valence-corrected chi connectivity index (χ3v) is 2.76. The van der Waals surface area contributed by atoms with E-state index in [0.29, 0.717) is 16.8 Å². The SMILES string of the molecule is O=C(O)Nc1ccc(/C(O)=C/C(=O)c2ccccc2)cc1. The molecule has 2 rings (SSSR count). The van der Waals surface area contributed by atoms with Crippen molar-refractivity contribution in [2.45, 2.75) is 0 Å². The number of allylic oxidation sites excluding steroid dienone is 1. The van der Waals surface area contributed by atoms with E-state index in [1.807, 2.05) is 0 Å². The van der Waals surface area contributed by atoms with E-state index in [4.69, 9.17) is 5.11 Å². The Balaban J connectivity index is 2.15. The maximum absolute atomic E-state index is 11.9. The number of carbonyl (C=O) groups excluding carboxylic acids is 1. The fourth-order valence-electron chi connectivity index (χ4n) is 1.74. The maximum Gasteiger partial charge on any atom is 0.409 e. The molecule has 0 heterocycles. The van der Waals surface area contributed by atoms with E-state index in [-0.39, 0.29) is 11.5 Å². The zero-order valence-corrected chi connectivity index (χ0v) is 11.0. The van der Waals surface area contributed by atoms with Gasteiger partial charge in [-0.15, -0.1) is 0 Å². The van der Waals surface area contributed by atoms with Crippen molar-refractivity contribution < 1.29 is 19.8 Å². The smallest absolute Gasteiger partial charge is 0.409 e. The van der Waals surface area contributed by atoms with Crippen molar-refractivity contribution in [3.8, 4) is 0 Å². The van der Waals surface area contributed by atoms with Gasteiger partial charge in [0, 0.05) is 22.9 Å². The topological polar surface area (TPSA) is 86.6 Å². The van der Waals surface area contributed by atoms with E-state index in [1.165, 1.54) is 24.3 Å². The van der Waals surface area contributed by atoms with E-state index < -0.39 is 6.09 Å². The van der Waals surface area contributed by atoms with Crippen LogP contribution in [0.25, 0.3) is 5.76 Å². The minimum Gasteiger partial charge on any atom is -0.507 e. The molecule has 0 bridgehead atoms. The van der Waals surface area contributed by atoms with Crippen molar-refractivity contribution in [3.63, 3.8) is 0 Å². The molecular weight excluding hydrogens is 270 g/mol. The Labute approximate surface area is 121 Å². The molecule has 0 saturated carbocycles. The summed E-state index contributed by atoms with van der Waals surface area (Å²) in [5, 5.41) is 20.7. The second-order valence-corrected chi connectivity index (χ2v) is 4.27. The fourth-order valence-corrected chi connectivity index (χ4v) is 1.74. The van der Waals surface area contributed by atoms with Crippen LogP contribution in [-0.2, 0) is 0 Å².